The molecule has 32 heavy (non-hydrogen) atoms. The molecule has 1 heterocycles. The molecule has 0 N–H and O–H groups in total. The third-order valence-electron chi connectivity index (χ3n) is 5.12. The maximum Gasteiger partial charge on any atom is 0.334 e. The van der Waals surface area contributed by atoms with E-state index in [0.717, 1.165) is 18.9 Å². The molecule has 6 nitrogen and oxygen atoms in total. The first kappa shape index (κ1) is 23.7. The summed E-state index contributed by atoms with van der Waals surface area (Å²) in [6.45, 7) is 3.71. The van der Waals surface area contributed by atoms with E-state index in [0.29, 0.717) is 29.6 Å². The molecule has 0 aliphatic heterocycles. The number of amides is 1. The van der Waals surface area contributed by atoms with Crippen LogP contribution in [-0.2, 0) is 20.9 Å². The van der Waals surface area contributed by atoms with Crippen molar-refractivity contribution in [2.45, 2.75) is 52.2 Å². The Bertz CT molecular complexity index is 1020. The lowest BCUT2D eigenvalue weighted by atomic mass is 9.90. The summed E-state index contributed by atoms with van der Waals surface area (Å²) >= 11 is 6.17. The van der Waals surface area contributed by atoms with Gasteiger partial charge >= 0.3 is 5.97 Å². The van der Waals surface area contributed by atoms with Gasteiger partial charge in [0.25, 0.3) is 5.91 Å². The van der Waals surface area contributed by atoms with E-state index in [-0.39, 0.29) is 29.1 Å². The fourth-order valence-corrected chi connectivity index (χ4v) is 3.86. The van der Waals surface area contributed by atoms with Crippen LogP contribution in [0.5, 0.6) is 5.75 Å². The Labute approximate surface area is 192 Å². The predicted molar refractivity (Wildman–Crippen MR) is 120 cm³/mol. The highest BCUT2D eigenvalue weighted by Gasteiger charge is 2.30. The van der Waals surface area contributed by atoms with Crippen molar-refractivity contribution < 1.29 is 23.5 Å². The first-order valence-corrected chi connectivity index (χ1v) is 10.9. The Morgan fingerprint density at radius 1 is 1.22 bits per heavy atom. The molecule has 2 aromatic rings. The number of hydrogen-bond acceptors (Lipinski definition) is 5. The number of methoxy groups -OCH3 is 1. The third-order valence-corrected chi connectivity index (χ3v) is 5.42. The molecular weight excluding hydrogens is 435 g/mol. The van der Waals surface area contributed by atoms with E-state index in [4.69, 9.17) is 21.1 Å². The summed E-state index contributed by atoms with van der Waals surface area (Å²) in [5.74, 6) is -1.38. The van der Waals surface area contributed by atoms with Gasteiger partial charge in [-0.2, -0.15) is 0 Å². The van der Waals surface area contributed by atoms with Crippen LogP contribution < -0.4 is 9.64 Å². The number of aromatic nitrogens is 1. The molecule has 0 fully saturated rings. The smallest absolute Gasteiger partial charge is 0.334 e. The molecule has 3 rings (SSSR count). The summed E-state index contributed by atoms with van der Waals surface area (Å²) in [4.78, 5) is 31.4. The Balaban J connectivity index is 2.12. The first-order chi connectivity index (χ1) is 15.3. The zero-order chi connectivity index (χ0) is 23.3. The number of anilines is 1. The summed E-state index contributed by atoms with van der Waals surface area (Å²) in [6.07, 6.45) is 5.43. The number of nitrogens with zero attached hydrogens (tertiary/aromatic N) is 2. The molecule has 0 radical (unpaired) electrons. The average molecular weight is 461 g/mol. The molecule has 0 bridgehead atoms. The zero-order valence-corrected chi connectivity index (χ0v) is 19.1. The maximum atomic E-state index is 15.1. The van der Waals surface area contributed by atoms with Gasteiger partial charge in [-0.1, -0.05) is 17.7 Å². The van der Waals surface area contributed by atoms with Gasteiger partial charge in [-0.3, -0.25) is 9.78 Å². The van der Waals surface area contributed by atoms with Crippen LogP contribution in [0.4, 0.5) is 10.1 Å². The van der Waals surface area contributed by atoms with Gasteiger partial charge in [0.05, 0.1) is 30.5 Å². The number of ether oxygens (including phenoxy) is 2. The molecule has 0 saturated carbocycles. The van der Waals surface area contributed by atoms with E-state index in [1.807, 2.05) is 13.8 Å². The summed E-state index contributed by atoms with van der Waals surface area (Å²) in [5.41, 5.74) is 1.40. The molecule has 0 spiro atoms. The van der Waals surface area contributed by atoms with Gasteiger partial charge in [0.1, 0.15) is 11.6 Å². The van der Waals surface area contributed by atoms with Gasteiger partial charge in [0.15, 0.2) is 0 Å². The monoisotopic (exact) mass is 460 g/mol. The minimum atomic E-state index is -0.667. The predicted octanol–water partition coefficient (Wildman–Crippen LogP) is 5.24. The van der Waals surface area contributed by atoms with Crippen LogP contribution >= 0.6 is 11.6 Å². The largest absolute Gasteiger partial charge is 0.489 e. The number of esters is 1. The standard InChI is InChI=1S/C24H26ClFN2O4/c1-15(2)32-22-12-21(20(26)11-19(22)25)28(14-16-7-6-10-27-13-16)23(29)17-8-4-5-9-18(17)24(30)31-3/h6-7,10-13,15H,4-5,8-9,14H2,1-3H3. The van der Waals surface area contributed by atoms with E-state index >= 15 is 4.39 Å². The molecule has 0 unspecified atom stereocenters. The van der Waals surface area contributed by atoms with Gasteiger partial charge < -0.3 is 14.4 Å². The third kappa shape index (κ3) is 5.46. The lowest BCUT2D eigenvalue weighted by Gasteiger charge is -2.28. The fourth-order valence-electron chi connectivity index (χ4n) is 3.66. The summed E-state index contributed by atoms with van der Waals surface area (Å²) in [7, 11) is 1.29. The minimum Gasteiger partial charge on any atom is -0.489 e. The molecular formula is C24H26ClFN2O4. The summed E-state index contributed by atoms with van der Waals surface area (Å²) < 4.78 is 25.7. The number of hydrogen-bond donors (Lipinski definition) is 0. The van der Waals surface area contributed by atoms with Crippen molar-refractivity contribution in [3.05, 3.63) is 64.2 Å². The van der Waals surface area contributed by atoms with Crippen molar-refractivity contribution in [1.29, 1.82) is 0 Å². The highest BCUT2D eigenvalue weighted by molar-refractivity contribution is 6.32. The molecule has 170 valence electrons. The maximum absolute atomic E-state index is 15.1. The molecule has 1 aliphatic rings. The van der Waals surface area contributed by atoms with Crippen LogP contribution in [0.2, 0.25) is 5.02 Å². The molecule has 1 aromatic carbocycles. The SMILES string of the molecule is COC(=O)C1=C(C(=O)N(Cc2cccnc2)c2cc(OC(C)C)c(Cl)cc2F)CCCC1. The van der Waals surface area contributed by atoms with E-state index < -0.39 is 17.7 Å². The molecule has 0 saturated heterocycles. The Kier molecular flexibility index (Phi) is 7.85. The zero-order valence-electron chi connectivity index (χ0n) is 18.4. The van der Waals surface area contributed by atoms with Crippen LogP contribution in [-0.4, -0.2) is 30.1 Å². The number of pyridine rings is 1. The van der Waals surface area contributed by atoms with Crippen LogP contribution in [0.25, 0.3) is 0 Å². The average Bonchev–Trinajstić information content (AvgIpc) is 2.79. The first-order valence-electron chi connectivity index (χ1n) is 10.5. The van der Waals surface area contributed by atoms with Crippen molar-refractivity contribution >= 4 is 29.2 Å². The highest BCUT2D eigenvalue weighted by atomic mass is 35.5. The number of rotatable bonds is 7. The topological polar surface area (TPSA) is 68.7 Å². The minimum absolute atomic E-state index is 0.0150. The number of carbonyl (C=O) groups is 2. The van der Waals surface area contributed by atoms with Crippen molar-refractivity contribution in [1.82, 2.24) is 4.98 Å². The quantitative estimate of drug-likeness (QED) is 0.528. The lowest BCUT2D eigenvalue weighted by molar-refractivity contribution is -0.136. The Morgan fingerprint density at radius 2 is 1.94 bits per heavy atom. The number of benzene rings is 1. The Morgan fingerprint density at radius 3 is 2.56 bits per heavy atom. The second kappa shape index (κ2) is 10.6. The van der Waals surface area contributed by atoms with Crippen molar-refractivity contribution in [2.24, 2.45) is 0 Å². The number of halogens is 2. The van der Waals surface area contributed by atoms with Crippen LogP contribution in [0, 0.1) is 5.82 Å². The fraction of sp³-hybridized carbons (Fsp3) is 0.375. The second-order valence-corrected chi connectivity index (χ2v) is 8.22. The van der Waals surface area contributed by atoms with Crippen molar-refractivity contribution in [2.75, 3.05) is 12.0 Å². The van der Waals surface area contributed by atoms with Crippen LogP contribution in [0.1, 0.15) is 45.1 Å². The van der Waals surface area contributed by atoms with E-state index in [2.05, 4.69) is 4.98 Å². The lowest BCUT2D eigenvalue weighted by Crippen LogP contribution is -2.34. The Hall–Kier alpha value is -2.93. The van der Waals surface area contributed by atoms with Gasteiger partial charge in [-0.05, 0) is 57.2 Å². The van der Waals surface area contributed by atoms with E-state index in [1.54, 1.807) is 24.5 Å². The van der Waals surface area contributed by atoms with Gasteiger partial charge in [-0.15, -0.1) is 0 Å². The second-order valence-electron chi connectivity index (χ2n) is 7.81. The van der Waals surface area contributed by atoms with Gasteiger partial charge in [0.2, 0.25) is 0 Å². The highest BCUT2D eigenvalue weighted by Crippen LogP contribution is 2.36. The van der Waals surface area contributed by atoms with E-state index in [9.17, 15) is 9.59 Å². The molecule has 0 atom stereocenters. The van der Waals surface area contributed by atoms with Gasteiger partial charge in [0, 0.05) is 29.6 Å². The summed E-state index contributed by atoms with van der Waals surface area (Å²) in [5, 5.41) is 0.112. The van der Waals surface area contributed by atoms with Gasteiger partial charge in [-0.25, -0.2) is 9.18 Å². The molecule has 8 heteroatoms. The number of carbonyl (C=O) groups excluding carboxylic acids is 2. The normalized spacial score (nSPS) is 13.8. The van der Waals surface area contributed by atoms with E-state index in [1.165, 1.54) is 18.1 Å². The molecule has 1 amide bonds. The van der Waals surface area contributed by atoms with Crippen molar-refractivity contribution in [3.63, 3.8) is 0 Å². The molecule has 1 aliphatic carbocycles. The summed E-state index contributed by atoms with van der Waals surface area (Å²) in [6, 6.07) is 6.09. The van der Waals surface area contributed by atoms with Crippen LogP contribution in [0.15, 0.2) is 47.8 Å². The molecule has 1 aromatic heterocycles. The van der Waals surface area contributed by atoms with Crippen LogP contribution in [0.3, 0.4) is 0 Å². The van der Waals surface area contributed by atoms with Crippen molar-refractivity contribution in [3.8, 4) is 5.75 Å².